The highest BCUT2D eigenvalue weighted by atomic mass is 16.2. The van der Waals surface area contributed by atoms with Gasteiger partial charge in [-0.05, 0) is 36.7 Å². The van der Waals surface area contributed by atoms with Crippen molar-refractivity contribution in [2.75, 3.05) is 6.54 Å². The van der Waals surface area contributed by atoms with Gasteiger partial charge < -0.3 is 16.0 Å². The van der Waals surface area contributed by atoms with Crippen molar-refractivity contribution < 1.29 is 9.59 Å². The van der Waals surface area contributed by atoms with Gasteiger partial charge >= 0.3 is 0 Å². The summed E-state index contributed by atoms with van der Waals surface area (Å²) in [4.78, 5) is 39.7. The van der Waals surface area contributed by atoms with Crippen LogP contribution < -0.4 is 16.6 Å². The molecule has 1 aromatic rings. The highest BCUT2D eigenvalue weighted by molar-refractivity contribution is 6.02. The van der Waals surface area contributed by atoms with E-state index in [9.17, 15) is 14.4 Å². The Morgan fingerprint density at radius 2 is 2.09 bits per heavy atom. The molecule has 0 aliphatic heterocycles. The molecule has 6 heteroatoms. The third-order valence-corrected chi connectivity index (χ3v) is 4.72. The average Bonchev–Trinajstić information content (AvgIpc) is 3.27. The lowest BCUT2D eigenvalue weighted by atomic mass is 9.75. The van der Waals surface area contributed by atoms with Crippen molar-refractivity contribution in [2.45, 2.75) is 45.6 Å². The van der Waals surface area contributed by atoms with Crippen molar-refractivity contribution in [1.82, 2.24) is 10.3 Å². The largest absolute Gasteiger partial charge is 0.348 e. The topological polar surface area (TPSA) is 105 Å². The molecule has 2 aliphatic carbocycles. The number of hydrogen-bond acceptors (Lipinski definition) is 4. The Balaban J connectivity index is 1.89. The van der Waals surface area contributed by atoms with E-state index in [-0.39, 0.29) is 22.8 Å². The van der Waals surface area contributed by atoms with Gasteiger partial charge in [0.15, 0.2) is 5.78 Å². The number of carbonyl (C=O) groups is 2. The van der Waals surface area contributed by atoms with E-state index in [2.05, 4.69) is 10.3 Å². The number of aromatic amines is 1. The van der Waals surface area contributed by atoms with Crippen molar-refractivity contribution in [3.8, 4) is 0 Å². The van der Waals surface area contributed by atoms with Gasteiger partial charge in [0.05, 0.1) is 0 Å². The van der Waals surface area contributed by atoms with E-state index in [0.29, 0.717) is 36.6 Å². The standard InChI is InChI=1S/C17H23N3O3/c1-17(2)6-12-10(14(21)7-17)5-11(15(22)19-12)16(23)20-13(8-18)9-3-4-9/h5,9,13H,3-4,6-8,18H2,1-2H3,(H,19,22)(H,20,23). The van der Waals surface area contributed by atoms with Crippen molar-refractivity contribution >= 4 is 11.7 Å². The zero-order valence-corrected chi connectivity index (χ0v) is 13.6. The summed E-state index contributed by atoms with van der Waals surface area (Å²) < 4.78 is 0. The molecule has 1 heterocycles. The molecule has 0 radical (unpaired) electrons. The van der Waals surface area contributed by atoms with Crippen LogP contribution in [0.1, 0.15) is 59.5 Å². The zero-order valence-electron chi connectivity index (χ0n) is 13.6. The summed E-state index contributed by atoms with van der Waals surface area (Å²) in [6.45, 7) is 4.34. The van der Waals surface area contributed by atoms with Gasteiger partial charge in [0.25, 0.3) is 11.5 Å². The molecule has 1 saturated carbocycles. The second-order valence-electron chi connectivity index (χ2n) is 7.50. The third-order valence-electron chi connectivity index (χ3n) is 4.72. The molecule has 0 bridgehead atoms. The smallest absolute Gasteiger partial charge is 0.261 e. The van der Waals surface area contributed by atoms with Gasteiger partial charge in [-0.1, -0.05) is 13.8 Å². The first-order chi connectivity index (χ1) is 10.8. The molecule has 124 valence electrons. The highest BCUT2D eigenvalue weighted by Crippen LogP contribution is 2.34. The molecule has 0 spiro atoms. The Labute approximate surface area is 134 Å². The van der Waals surface area contributed by atoms with Crippen molar-refractivity contribution in [2.24, 2.45) is 17.1 Å². The molecule has 1 aromatic heterocycles. The van der Waals surface area contributed by atoms with Crippen LogP contribution in [0.3, 0.4) is 0 Å². The van der Waals surface area contributed by atoms with E-state index in [1.807, 2.05) is 13.8 Å². The molecule has 2 aliphatic rings. The van der Waals surface area contributed by atoms with Crippen LogP contribution in [-0.2, 0) is 6.42 Å². The van der Waals surface area contributed by atoms with Gasteiger partial charge in [-0.2, -0.15) is 0 Å². The average molecular weight is 317 g/mol. The maximum Gasteiger partial charge on any atom is 0.261 e. The van der Waals surface area contributed by atoms with Crippen LogP contribution in [0.2, 0.25) is 0 Å². The molecule has 4 N–H and O–H groups in total. The number of nitrogens with two attached hydrogens (primary N) is 1. The Bertz CT molecular complexity index is 716. The summed E-state index contributed by atoms with van der Waals surface area (Å²) >= 11 is 0. The van der Waals surface area contributed by atoms with E-state index in [4.69, 9.17) is 5.73 Å². The zero-order chi connectivity index (χ0) is 16.8. The molecule has 1 fully saturated rings. The van der Waals surface area contributed by atoms with Gasteiger partial charge in [-0.3, -0.25) is 14.4 Å². The number of Topliss-reactive ketones (excluding diaryl/α,β-unsaturated/α-hetero) is 1. The Morgan fingerprint density at radius 3 is 2.70 bits per heavy atom. The lowest BCUT2D eigenvalue weighted by Gasteiger charge is -2.29. The number of rotatable bonds is 4. The minimum Gasteiger partial charge on any atom is -0.348 e. The summed E-state index contributed by atoms with van der Waals surface area (Å²) in [7, 11) is 0. The number of pyridine rings is 1. The van der Waals surface area contributed by atoms with Gasteiger partial charge in [0.2, 0.25) is 0 Å². The molecule has 1 unspecified atom stereocenters. The minimum absolute atomic E-state index is 0.00379. The monoisotopic (exact) mass is 317 g/mol. The summed E-state index contributed by atoms with van der Waals surface area (Å²) in [5.74, 6) is -0.0729. The molecule has 23 heavy (non-hydrogen) atoms. The van der Waals surface area contributed by atoms with Crippen molar-refractivity contribution in [3.63, 3.8) is 0 Å². The SMILES string of the molecule is CC1(C)CC(=O)c2cc(C(=O)NC(CN)C3CC3)c(=O)[nH]c2C1. The molecule has 1 atom stereocenters. The lowest BCUT2D eigenvalue weighted by Crippen LogP contribution is -2.43. The van der Waals surface area contributed by atoms with Crippen molar-refractivity contribution in [1.29, 1.82) is 0 Å². The molecule has 0 aromatic carbocycles. The van der Waals surface area contributed by atoms with Gasteiger partial charge in [-0.25, -0.2) is 0 Å². The van der Waals surface area contributed by atoms with Gasteiger partial charge in [0.1, 0.15) is 5.56 Å². The Kier molecular flexibility index (Phi) is 3.88. The summed E-state index contributed by atoms with van der Waals surface area (Å²) in [5, 5.41) is 2.83. The van der Waals surface area contributed by atoms with Crippen LogP contribution >= 0.6 is 0 Å². The quantitative estimate of drug-likeness (QED) is 0.770. The first-order valence-corrected chi connectivity index (χ1v) is 8.11. The number of aromatic nitrogens is 1. The summed E-state index contributed by atoms with van der Waals surface area (Å²) in [5.41, 5.74) is 6.16. The van der Waals surface area contributed by atoms with Gasteiger partial charge in [-0.15, -0.1) is 0 Å². The first kappa shape index (κ1) is 15.9. The first-order valence-electron chi connectivity index (χ1n) is 8.11. The van der Waals surface area contributed by atoms with Crippen LogP contribution in [0, 0.1) is 11.3 Å². The third kappa shape index (κ3) is 3.22. The summed E-state index contributed by atoms with van der Waals surface area (Å²) in [6.07, 6.45) is 3.14. The van der Waals surface area contributed by atoms with E-state index in [0.717, 1.165) is 12.8 Å². The number of hydrogen-bond donors (Lipinski definition) is 3. The Morgan fingerprint density at radius 1 is 1.39 bits per heavy atom. The van der Waals surface area contributed by atoms with Gasteiger partial charge in [0, 0.05) is 30.3 Å². The predicted molar refractivity (Wildman–Crippen MR) is 86.5 cm³/mol. The van der Waals surface area contributed by atoms with Crippen LogP contribution in [0.4, 0.5) is 0 Å². The fraction of sp³-hybridized carbons (Fsp3) is 0.588. The molecular formula is C17H23N3O3. The fourth-order valence-corrected chi connectivity index (χ4v) is 3.31. The predicted octanol–water partition coefficient (Wildman–Crippen LogP) is 0.997. The maximum atomic E-state index is 12.4. The Hall–Kier alpha value is -1.95. The molecule has 3 rings (SSSR count). The van der Waals surface area contributed by atoms with E-state index >= 15 is 0 Å². The second kappa shape index (κ2) is 5.60. The van der Waals surface area contributed by atoms with E-state index in [1.54, 1.807) is 0 Å². The van der Waals surface area contributed by atoms with Crippen LogP contribution in [-0.4, -0.2) is 29.3 Å². The number of ketones is 1. The number of carbonyl (C=O) groups excluding carboxylic acids is 2. The number of nitrogens with one attached hydrogen (secondary N) is 2. The maximum absolute atomic E-state index is 12.4. The van der Waals surface area contributed by atoms with Crippen molar-refractivity contribution in [3.05, 3.63) is 33.2 Å². The van der Waals surface area contributed by atoms with E-state index in [1.165, 1.54) is 6.07 Å². The lowest BCUT2D eigenvalue weighted by molar-refractivity contribution is 0.0910. The fourth-order valence-electron chi connectivity index (χ4n) is 3.31. The number of fused-ring (bicyclic) bond motifs is 1. The van der Waals surface area contributed by atoms with Crippen LogP contribution in [0.25, 0.3) is 0 Å². The second-order valence-corrected chi connectivity index (χ2v) is 7.50. The minimum atomic E-state index is -0.450. The molecule has 1 amide bonds. The normalized spacial score (nSPS) is 20.7. The molecule has 6 nitrogen and oxygen atoms in total. The number of amides is 1. The van der Waals surface area contributed by atoms with E-state index < -0.39 is 11.5 Å². The van der Waals surface area contributed by atoms with Crippen LogP contribution in [0.15, 0.2) is 10.9 Å². The summed E-state index contributed by atoms with van der Waals surface area (Å²) in [6, 6.07) is 1.34. The molecular weight excluding hydrogens is 294 g/mol. The van der Waals surface area contributed by atoms with Crippen LogP contribution in [0.5, 0.6) is 0 Å². The highest BCUT2D eigenvalue weighted by Gasteiger charge is 2.34. The molecule has 0 saturated heterocycles. The number of H-pyrrole nitrogens is 1.